The lowest BCUT2D eigenvalue weighted by Crippen LogP contribution is -2.42. The predicted octanol–water partition coefficient (Wildman–Crippen LogP) is 2.00. The Labute approximate surface area is 107 Å². The molecule has 0 spiro atoms. The van der Waals surface area contributed by atoms with E-state index in [1.807, 2.05) is 36.2 Å². The summed E-state index contributed by atoms with van der Waals surface area (Å²) in [5.74, 6) is 6.12. The molecule has 0 radical (unpaired) electrons. The van der Waals surface area contributed by atoms with Gasteiger partial charge in [0.2, 0.25) is 5.96 Å². The molecule has 3 N–H and O–H groups in total. The fourth-order valence-electron chi connectivity index (χ4n) is 1.45. The molecule has 17 heavy (non-hydrogen) atoms. The second kappa shape index (κ2) is 7.14. The van der Waals surface area contributed by atoms with Crippen molar-refractivity contribution in [3.63, 3.8) is 0 Å². The van der Waals surface area contributed by atoms with E-state index in [0.29, 0.717) is 12.5 Å². The van der Waals surface area contributed by atoms with Gasteiger partial charge in [-0.25, -0.2) is 5.84 Å². The highest BCUT2D eigenvalue weighted by Gasteiger charge is 2.07. The van der Waals surface area contributed by atoms with Gasteiger partial charge < -0.3 is 4.90 Å². The highest BCUT2D eigenvalue weighted by atomic mass is 35.5. The first-order valence-corrected chi connectivity index (χ1v) is 6.02. The standard InChI is InChI=1S/C12H19ClN4/c1-3-8-15-12(16-14)17(2)9-10-6-4-5-7-11(10)13/h4-7H,3,8-9,14H2,1-2H3,(H,15,16). The third-order valence-corrected chi connectivity index (χ3v) is 2.71. The smallest absolute Gasteiger partial charge is 0.208 e. The van der Waals surface area contributed by atoms with Crippen molar-refractivity contribution in [3.05, 3.63) is 34.9 Å². The summed E-state index contributed by atoms with van der Waals surface area (Å²) in [6.45, 7) is 3.50. The van der Waals surface area contributed by atoms with E-state index in [1.54, 1.807) is 0 Å². The van der Waals surface area contributed by atoms with Crippen LogP contribution in [0.5, 0.6) is 0 Å². The van der Waals surface area contributed by atoms with Gasteiger partial charge in [0.15, 0.2) is 0 Å². The van der Waals surface area contributed by atoms with Gasteiger partial charge in [-0.15, -0.1) is 0 Å². The average molecular weight is 255 g/mol. The number of halogens is 1. The molecule has 0 aliphatic carbocycles. The quantitative estimate of drug-likeness (QED) is 0.374. The molecule has 0 fully saturated rings. The van der Waals surface area contributed by atoms with Crippen LogP contribution in [0.15, 0.2) is 29.3 Å². The van der Waals surface area contributed by atoms with Crippen LogP contribution < -0.4 is 11.3 Å². The number of hydrogen-bond donors (Lipinski definition) is 2. The molecular weight excluding hydrogens is 236 g/mol. The minimum atomic E-state index is 0.673. The number of hydrazine groups is 1. The van der Waals surface area contributed by atoms with Gasteiger partial charge in [-0.2, -0.15) is 0 Å². The topological polar surface area (TPSA) is 53.6 Å². The highest BCUT2D eigenvalue weighted by molar-refractivity contribution is 6.31. The molecule has 4 nitrogen and oxygen atoms in total. The van der Waals surface area contributed by atoms with E-state index in [1.165, 1.54) is 0 Å². The molecule has 0 heterocycles. The van der Waals surface area contributed by atoms with Crippen LogP contribution in [0.2, 0.25) is 5.02 Å². The molecule has 1 rings (SSSR count). The van der Waals surface area contributed by atoms with Gasteiger partial charge in [0.1, 0.15) is 0 Å². The number of nitrogens with one attached hydrogen (secondary N) is 1. The SMILES string of the molecule is CCCN=C(NN)N(C)Cc1ccccc1Cl. The third-order valence-electron chi connectivity index (χ3n) is 2.34. The number of hydrogen-bond acceptors (Lipinski definition) is 2. The second-order valence-corrected chi connectivity index (χ2v) is 4.20. The summed E-state index contributed by atoms with van der Waals surface area (Å²) >= 11 is 6.10. The largest absolute Gasteiger partial charge is 0.341 e. The molecule has 0 unspecified atom stereocenters. The number of aliphatic imine (C=N–C) groups is 1. The molecule has 1 aromatic carbocycles. The maximum absolute atomic E-state index is 6.10. The first kappa shape index (κ1) is 13.8. The van der Waals surface area contributed by atoms with Gasteiger partial charge in [-0.3, -0.25) is 10.4 Å². The van der Waals surface area contributed by atoms with Crippen molar-refractivity contribution in [2.45, 2.75) is 19.9 Å². The zero-order valence-electron chi connectivity index (χ0n) is 10.3. The molecule has 94 valence electrons. The van der Waals surface area contributed by atoms with Crippen LogP contribution in [-0.2, 0) is 6.54 Å². The Morgan fingerprint density at radius 1 is 1.47 bits per heavy atom. The summed E-state index contributed by atoms with van der Waals surface area (Å²) in [6.07, 6.45) is 0.991. The lowest BCUT2D eigenvalue weighted by molar-refractivity contribution is 0.477. The average Bonchev–Trinajstić information content (AvgIpc) is 2.33. The first-order valence-electron chi connectivity index (χ1n) is 5.64. The number of nitrogens with zero attached hydrogens (tertiary/aromatic N) is 2. The molecule has 0 bridgehead atoms. The predicted molar refractivity (Wildman–Crippen MR) is 72.8 cm³/mol. The maximum atomic E-state index is 6.10. The molecular formula is C12H19ClN4. The molecule has 0 atom stereocenters. The van der Waals surface area contributed by atoms with Gasteiger partial charge in [0.05, 0.1) is 0 Å². The van der Waals surface area contributed by atoms with E-state index in [0.717, 1.165) is 23.6 Å². The van der Waals surface area contributed by atoms with Crippen molar-refractivity contribution in [2.24, 2.45) is 10.8 Å². The van der Waals surface area contributed by atoms with Gasteiger partial charge >= 0.3 is 0 Å². The molecule has 0 aromatic heterocycles. The summed E-state index contributed by atoms with van der Waals surface area (Å²) < 4.78 is 0. The zero-order chi connectivity index (χ0) is 12.7. The van der Waals surface area contributed by atoms with Crippen molar-refractivity contribution < 1.29 is 0 Å². The van der Waals surface area contributed by atoms with E-state index < -0.39 is 0 Å². The second-order valence-electron chi connectivity index (χ2n) is 3.80. The summed E-state index contributed by atoms with van der Waals surface area (Å²) in [7, 11) is 1.93. The van der Waals surface area contributed by atoms with Gasteiger partial charge in [-0.05, 0) is 18.1 Å². The molecule has 1 aromatic rings. The lowest BCUT2D eigenvalue weighted by Gasteiger charge is -2.21. The van der Waals surface area contributed by atoms with Crippen molar-refractivity contribution in [3.8, 4) is 0 Å². The summed E-state index contributed by atoms with van der Waals surface area (Å²) in [4.78, 5) is 6.29. The normalized spacial score (nSPS) is 11.4. The van der Waals surface area contributed by atoms with E-state index in [2.05, 4.69) is 17.3 Å². The van der Waals surface area contributed by atoms with E-state index in [4.69, 9.17) is 17.4 Å². The number of nitrogens with two attached hydrogens (primary N) is 1. The van der Waals surface area contributed by atoms with Crippen LogP contribution in [0, 0.1) is 0 Å². The minimum absolute atomic E-state index is 0.673. The number of benzene rings is 1. The Balaban J connectivity index is 2.70. The monoisotopic (exact) mass is 254 g/mol. The van der Waals surface area contributed by atoms with Crippen LogP contribution in [0.1, 0.15) is 18.9 Å². The highest BCUT2D eigenvalue weighted by Crippen LogP contribution is 2.16. The maximum Gasteiger partial charge on any atom is 0.208 e. The van der Waals surface area contributed by atoms with Crippen molar-refractivity contribution in [1.82, 2.24) is 10.3 Å². The van der Waals surface area contributed by atoms with Gasteiger partial charge in [-0.1, -0.05) is 36.7 Å². The molecule has 0 saturated heterocycles. The first-order chi connectivity index (χ1) is 8.19. The summed E-state index contributed by atoms with van der Waals surface area (Å²) in [5, 5.41) is 0.756. The Hall–Kier alpha value is -1.26. The summed E-state index contributed by atoms with van der Waals surface area (Å²) in [6, 6.07) is 7.75. The molecule has 5 heteroatoms. The molecule has 0 aliphatic heterocycles. The molecule has 0 saturated carbocycles. The van der Waals surface area contributed by atoms with E-state index in [9.17, 15) is 0 Å². The van der Waals surface area contributed by atoms with Crippen LogP contribution in [0.25, 0.3) is 0 Å². The van der Waals surface area contributed by atoms with Gasteiger partial charge in [0, 0.05) is 25.2 Å². The fraction of sp³-hybridized carbons (Fsp3) is 0.417. The van der Waals surface area contributed by atoms with E-state index in [-0.39, 0.29) is 0 Å². The Bertz CT molecular complexity index is 379. The van der Waals surface area contributed by atoms with Crippen LogP contribution in [0.3, 0.4) is 0 Å². The third kappa shape index (κ3) is 4.24. The number of rotatable bonds is 4. The fourth-order valence-corrected chi connectivity index (χ4v) is 1.65. The molecule has 0 amide bonds. The van der Waals surface area contributed by atoms with E-state index >= 15 is 0 Å². The lowest BCUT2D eigenvalue weighted by atomic mass is 10.2. The Morgan fingerprint density at radius 3 is 2.76 bits per heavy atom. The van der Waals surface area contributed by atoms with Crippen LogP contribution >= 0.6 is 11.6 Å². The Morgan fingerprint density at radius 2 is 2.18 bits per heavy atom. The van der Waals surface area contributed by atoms with Crippen molar-refractivity contribution in [1.29, 1.82) is 0 Å². The zero-order valence-corrected chi connectivity index (χ0v) is 11.0. The number of guanidine groups is 1. The minimum Gasteiger partial charge on any atom is -0.341 e. The van der Waals surface area contributed by atoms with Crippen LogP contribution in [-0.4, -0.2) is 24.5 Å². The summed E-state index contributed by atoms with van der Waals surface area (Å²) in [5.41, 5.74) is 3.66. The molecule has 0 aliphatic rings. The Kier molecular flexibility index (Phi) is 5.80. The van der Waals surface area contributed by atoms with Gasteiger partial charge in [0.25, 0.3) is 0 Å². The van der Waals surface area contributed by atoms with Crippen molar-refractivity contribution in [2.75, 3.05) is 13.6 Å². The van der Waals surface area contributed by atoms with Crippen molar-refractivity contribution >= 4 is 17.6 Å². The van der Waals surface area contributed by atoms with Crippen LogP contribution in [0.4, 0.5) is 0 Å².